The summed E-state index contributed by atoms with van der Waals surface area (Å²) in [5, 5.41) is 14.2. The van der Waals surface area contributed by atoms with Gasteiger partial charge in [-0.15, -0.1) is 0 Å². The van der Waals surface area contributed by atoms with Crippen LogP contribution in [0.2, 0.25) is 0 Å². The van der Waals surface area contributed by atoms with Gasteiger partial charge in [0.2, 0.25) is 21.8 Å². The van der Waals surface area contributed by atoms with Crippen molar-refractivity contribution in [1.82, 2.24) is 10.2 Å². The number of amides is 2. The number of sulfonamides is 1. The van der Waals surface area contributed by atoms with Crippen LogP contribution in [0.4, 0.5) is 11.4 Å². The summed E-state index contributed by atoms with van der Waals surface area (Å²) in [6.07, 6.45) is 1.14. The Hall–Kier alpha value is -4.25. The van der Waals surface area contributed by atoms with Crippen LogP contribution in [0.1, 0.15) is 25.0 Å². The Morgan fingerprint density at radius 3 is 2.08 bits per heavy atom. The van der Waals surface area contributed by atoms with E-state index in [1.54, 1.807) is 0 Å². The Kier molecular flexibility index (Phi) is 10.4. The molecule has 0 bridgehead atoms. The number of carbonyl (C=O) groups is 2. The van der Waals surface area contributed by atoms with Crippen LogP contribution < -0.4 is 9.62 Å². The molecular weight excluding hydrogens is 532 g/mol. The van der Waals surface area contributed by atoms with Crippen molar-refractivity contribution in [3.63, 3.8) is 0 Å². The largest absolute Gasteiger partial charge is 0.354 e. The number of carbonyl (C=O) groups excluding carboxylic acids is 2. The predicted octanol–water partition coefficient (Wildman–Crippen LogP) is 3.77. The summed E-state index contributed by atoms with van der Waals surface area (Å²) in [5.41, 5.74) is 1.26. The Morgan fingerprint density at radius 2 is 1.52 bits per heavy atom. The minimum atomic E-state index is -4.03. The average molecular weight is 567 g/mol. The Morgan fingerprint density at radius 1 is 0.925 bits per heavy atom. The van der Waals surface area contributed by atoms with Crippen molar-refractivity contribution in [3.05, 3.63) is 106 Å². The molecule has 0 aliphatic heterocycles. The van der Waals surface area contributed by atoms with Crippen LogP contribution in [0.5, 0.6) is 0 Å². The molecule has 1 N–H and O–H groups in total. The summed E-state index contributed by atoms with van der Waals surface area (Å²) < 4.78 is 26.4. The summed E-state index contributed by atoms with van der Waals surface area (Å²) in [6, 6.07) is 22.5. The Labute approximate surface area is 234 Å². The van der Waals surface area contributed by atoms with Gasteiger partial charge in [-0.25, -0.2) is 8.42 Å². The molecule has 0 saturated heterocycles. The molecule has 0 aromatic heterocycles. The lowest BCUT2D eigenvalue weighted by atomic mass is 10.0. The highest BCUT2D eigenvalue weighted by Crippen LogP contribution is 2.24. The molecule has 11 heteroatoms. The summed E-state index contributed by atoms with van der Waals surface area (Å²) >= 11 is 0. The number of benzene rings is 3. The van der Waals surface area contributed by atoms with Crippen LogP contribution in [0.25, 0.3) is 0 Å². The molecule has 0 aliphatic rings. The fourth-order valence-electron chi connectivity index (χ4n) is 4.13. The van der Waals surface area contributed by atoms with E-state index in [1.165, 1.54) is 23.1 Å². The van der Waals surface area contributed by atoms with Crippen LogP contribution in [-0.4, -0.2) is 55.4 Å². The Bertz CT molecular complexity index is 1410. The maximum absolute atomic E-state index is 14.0. The number of hydrogen-bond acceptors (Lipinski definition) is 6. The average Bonchev–Trinajstić information content (AvgIpc) is 2.92. The first-order chi connectivity index (χ1) is 19.0. The van der Waals surface area contributed by atoms with E-state index < -0.39 is 33.4 Å². The second-order valence-electron chi connectivity index (χ2n) is 9.90. The molecule has 0 saturated carbocycles. The van der Waals surface area contributed by atoms with Crippen molar-refractivity contribution in [3.8, 4) is 0 Å². The van der Waals surface area contributed by atoms with E-state index in [1.807, 2.05) is 74.5 Å². The van der Waals surface area contributed by atoms with E-state index >= 15 is 0 Å². The zero-order chi connectivity index (χ0) is 29.3. The third-order valence-electron chi connectivity index (χ3n) is 6.16. The van der Waals surface area contributed by atoms with Crippen molar-refractivity contribution in [2.75, 3.05) is 23.7 Å². The molecule has 212 valence electrons. The molecule has 10 nitrogen and oxygen atoms in total. The maximum Gasteiger partial charge on any atom is 0.271 e. The lowest BCUT2D eigenvalue weighted by Gasteiger charge is -2.33. The van der Waals surface area contributed by atoms with E-state index in [2.05, 4.69) is 5.32 Å². The van der Waals surface area contributed by atoms with Crippen molar-refractivity contribution in [2.45, 2.75) is 32.9 Å². The minimum Gasteiger partial charge on any atom is -0.354 e. The number of nitrogens with one attached hydrogen (secondary N) is 1. The van der Waals surface area contributed by atoms with E-state index in [0.717, 1.165) is 27.8 Å². The molecule has 1 atom stereocenters. The number of nitrogens with zero attached hydrogens (tertiary/aromatic N) is 3. The van der Waals surface area contributed by atoms with Crippen LogP contribution in [0.15, 0.2) is 84.9 Å². The van der Waals surface area contributed by atoms with E-state index in [-0.39, 0.29) is 36.2 Å². The second kappa shape index (κ2) is 13.7. The summed E-state index contributed by atoms with van der Waals surface area (Å²) in [7, 11) is -4.03. The molecule has 0 spiro atoms. The summed E-state index contributed by atoms with van der Waals surface area (Å²) in [5.74, 6) is -0.807. The molecule has 3 aromatic rings. The SMILES string of the molecule is CC(C)CNC(=O)[C@@H](Cc1ccccc1)N(Cc1ccccc1)C(=O)CN(c1cccc([N+](=O)[O-])c1)S(C)(=O)=O. The quantitative estimate of drug-likeness (QED) is 0.248. The fraction of sp³-hybridized carbons (Fsp3) is 0.310. The normalized spacial score (nSPS) is 12.0. The molecule has 0 radical (unpaired) electrons. The lowest BCUT2D eigenvalue weighted by molar-refractivity contribution is -0.384. The van der Waals surface area contributed by atoms with Gasteiger partial charge in [0.25, 0.3) is 5.69 Å². The molecule has 3 rings (SSSR count). The summed E-state index contributed by atoms with van der Waals surface area (Å²) in [4.78, 5) is 39.6. The highest BCUT2D eigenvalue weighted by Gasteiger charge is 2.33. The van der Waals surface area contributed by atoms with E-state index in [4.69, 9.17) is 0 Å². The van der Waals surface area contributed by atoms with Crippen LogP contribution >= 0.6 is 0 Å². The van der Waals surface area contributed by atoms with Gasteiger partial charge in [-0.3, -0.25) is 24.0 Å². The zero-order valence-corrected chi connectivity index (χ0v) is 23.6. The molecular formula is C29H34N4O6S. The number of nitro groups is 1. The van der Waals surface area contributed by atoms with Crippen molar-refractivity contribution in [1.29, 1.82) is 0 Å². The molecule has 0 fully saturated rings. The van der Waals surface area contributed by atoms with Crippen molar-refractivity contribution >= 4 is 33.2 Å². The molecule has 40 heavy (non-hydrogen) atoms. The van der Waals surface area contributed by atoms with Gasteiger partial charge >= 0.3 is 0 Å². The van der Waals surface area contributed by atoms with Crippen LogP contribution in [-0.2, 0) is 32.6 Å². The first kappa shape index (κ1) is 30.3. The number of rotatable bonds is 13. The van der Waals surface area contributed by atoms with Crippen LogP contribution in [0, 0.1) is 16.0 Å². The van der Waals surface area contributed by atoms with Gasteiger partial charge in [-0.1, -0.05) is 80.6 Å². The summed E-state index contributed by atoms with van der Waals surface area (Å²) in [6.45, 7) is 3.74. The van der Waals surface area contributed by atoms with E-state index in [0.29, 0.717) is 6.54 Å². The van der Waals surface area contributed by atoms with Crippen molar-refractivity contribution in [2.24, 2.45) is 5.92 Å². The number of anilines is 1. The fourth-order valence-corrected chi connectivity index (χ4v) is 4.97. The van der Waals surface area contributed by atoms with Crippen molar-refractivity contribution < 1.29 is 22.9 Å². The monoisotopic (exact) mass is 566 g/mol. The minimum absolute atomic E-state index is 0.0198. The van der Waals surface area contributed by atoms with Gasteiger partial charge in [0, 0.05) is 31.6 Å². The van der Waals surface area contributed by atoms with E-state index in [9.17, 15) is 28.1 Å². The highest BCUT2D eigenvalue weighted by atomic mass is 32.2. The number of hydrogen-bond donors (Lipinski definition) is 1. The molecule has 0 unspecified atom stereocenters. The topological polar surface area (TPSA) is 130 Å². The third-order valence-corrected chi connectivity index (χ3v) is 7.30. The first-order valence-corrected chi connectivity index (χ1v) is 14.7. The first-order valence-electron chi connectivity index (χ1n) is 12.8. The molecule has 0 aliphatic carbocycles. The van der Waals surface area contributed by atoms with Gasteiger partial charge < -0.3 is 10.2 Å². The molecule has 2 amide bonds. The van der Waals surface area contributed by atoms with Gasteiger partial charge in [-0.2, -0.15) is 0 Å². The van der Waals surface area contributed by atoms with Gasteiger partial charge in [-0.05, 0) is 23.1 Å². The number of non-ortho nitro benzene ring substituents is 1. The predicted molar refractivity (Wildman–Crippen MR) is 154 cm³/mol. The molecule has 0 heterocycles. The third kappa shape index (κ3) is 8.63. The standard InChI is InChI=1S/C29H34N4O6S/c1-22(2)19-30-29(35)27(17-23-11-6-4-7-12-23)31(20-24-13-8-5-9-14-24)28(34)21-32(40(3,38)39)25-15-10-16-26(18-25)33(36)37/h4-16,18,22,27H,17,19-21H2,1-3H3,(H,30,35)/t27-/m1/s1. The Balaban J connectivity index is 2.04. The van der Waals surface area contributed by atoms with Gasteiger partial charge in [0.15, 0.2) is 0 Å². The lowest BCUT2D eigenvalue weighted by Crippen LogP contribution is -2.53. The smallest absolute Gasteiger partial charge is 0.271 e. The van der Waals surface area contributed by atoms with Gasteiger partial charge in [0.05, 0.1) is 16.9 Å². The van der Waals surface area contributed by atoms with Gasteiger partial charge in [0.1, 0.15) is 12.6 Å². The second-order valence-corrected chi connectivity index (χ2v) is 11.8. The van der Waals surface area contributed by atoms with Crippen LogP contribution in [0.3, 0.4) is 0 Å². The zero-order valence-electron chi connectivity index (χ0n) is 22.8. The number of nitro benzene ring substituents is 1. The highest BCUT2D eigenvalue weighted by molar-refractivity contribution is 7.92. The maximum atomic E-state index is 14.0. The molecule has 3 aromatic carbocycles.